The van der Waals surface area contributed by atoms with Gasteiger partial charge in [0.05, 0.1) is 6.54 Å². The first kappa shape index (κ1) is 16.6. The Bertz CT molecular complexity index is 589. The number of hydrogen-bond acceptors (Lipinski definition) is 4. The summed E-state index contributed by atoms with van der Waals surface area (Å²) in [5, 5.41) is 5.26. The third kappa shape index (κ3) is 4.91. The van der Waals surface area contributed by atoms with Crippen molar-refractivity contribution in [2.75, 3.05) is 11.5 Å². The topological polar surface area (TPSA) is 56.7 Å². The molecular formula is C17H24N4S. The maximum Gasteiger partial charge on any atom is 0.219 e. The van der Waals surface area contributed by atoms with Crippen LogP contribution in [0.25, 0.3) is 6.08 Å². The highest BCUT2D eigenvalue weighted by molar-refractivity contribution is 7.99. The number of thioether (sulfide) groups is 1. The Morgan fingerprint density at radius 2 is 2.00 bits per heavy atom. The van der Waals surface area contributed by atoms with E-state index in [0.717, 1.165) is 22.0 Å². The van der Waals surface area contributed by atoms with E-state index >= 15 is 0 Å². The molecule has 2 aromatic rings. The summed E-state index contributed by atoms with van der Waals surface area (Å²) in [4.78, 5) is 4.33. The number of anilines is 1. The maximum atomic E-state index is 5.96. The molecule has 0 fully saturated rings. The van der Waals surface area contributed by atoms with Gasteiger partial charge in [-0.05, 0) is 17.5 Å². The van der Waals surface area contributed by atoms with Crippen LogP contribution in [0.15, 0.2) is 36.0 Å². The van der Waals surface area contributed by atoms with Crippen molar-refractivity contribution in [3.63, 3.8) is 0 Å². The lowest BCUT2D eigenvalue weighted by Crippen LogP contribution is -2.06. The summed E-state index contributed by atoms with van der Waals surface area (Å²) >= 11 is 1.69. The van der Waals surface area contributed by atoms with E-state index in [0.29, 0.717) is 12.5 Å². The second-order valence-corrected chi connectivity index (χ2v) is 6.33. The molecule has 0 aliphatic heterocycles. The first-order valence-corrected chi connectivity index (χ1v) is 8.76. The van der Waals surface area contributed by atoms with E-state index in [2.05, 4.69) is 35.7 Å². The van der Waals surface area contributed by atoms with Crippen LogP contribution < -0.4 is 5.73 Å². The van der Waals surface area contributed by atoms with Crippen molar-refractivity contribution in [3.8, 4) is 0 Å². The molecule has 0 aliphatic carbocycles. The summed E-state index contributed by atoms with van der Waals surface area (Å²) in [5.41, 5.74) is 8.22. The van der Waals surface area contributed by atoms with Gasteiger partial charge >= 0.3 is 0 Å². The first-order valence-electron chi connectivity index (χ1n) is 7.77. The van der Waals surface area contributed by atoms with Crippen LogP contribution in [0, 0.1) is 0 Å². The Hall–Kier alpha value is -1.75. The van der Waals surface area contributed by atoms with E-state index in [1.165, 1.54) is 25.7 Å². The fraction of sp³-hybridized carbons (Fsp3) is 0.412. The average Bonchev–Trinajstić information content (AvgIpc) is 2.88. The van der Waals surface area contributed by atoms with Gasteiger partial charge in [-0.3, -0.25) is 0 Å². The third-order valence-corrected chi connectivity index (χ3v) is 4.38. The van der Waals surface area contributed by atoms with E-state index < -0.39 is 0 Å². The van der Waals surface area contributed by atoms with Crippen LogP contribution in [0.1, 0.15) is 43.7 Å². The zero-order valence-electron chi connectivity index (χ0n) is 13.2. The second-order valence-electron chi connectivity index (χ2n) is 5.27. The van der Waals surface area contributed by atoms with Crippen LogP contribution in [0.4, 0.5) is 5.95 Å². The minimum Gasteiger partial charge on any atom is -0.368 e. The van der Waals surface area contributed by atoms with Crippen LogP contribution in [0.3, 0.4) is 0 Å². The molecule has 118 valence electrons. The van der Waals surface area contributed by atoms with Gasteiger partial charge in [0, 0.05) is 5.75 Å². The minimum atomic E-state index is 0.476. The smallest absolute Gasteiger partial charge is 0.219 e. The summed E-state index contributed by atoms with van der Waals surface area (Å²) in [6.07, 6.45) is 6.87. The van der Waals surface area contributed by atoms with Crippen molar-refractivity contribution in [3.05, 3.63) is 42.0 Å². The zero-order chi connectivity index (χ0) is 15.8. The molecule has 1 heterocycles. The van der Waals surface area contributed by atoms with Crippen LogP contribution >= 0.6 is 11.8 Å². The van der Waals surface area contributed by atoms with E-state index in [4.69, 9.17) is 5.73 Å². The lowest BCUT2D eigenvalue weighted by Gasteiger charge is -2.03. The Labute approximate surface area is 136 Å². The number of benzene rings is 1. The van der Waals surface area contributed by atoms with E-state index in [9.17, 15) is 0 Å². The third-order valence-electron chi connectivity index (χ3n) is 3.46. The van der Waals surface area contributed by atoms with Gasteiger partial charge in [0.25, 0.3) is 0 Å². The van der Waals surface area contributed by atoms with Gasteiger partial charge in [0.2, 0.25) is 11.1 Å². The monoisotopic (exact) mass is 316 g/mol. The highest BCUT2D eigenvalue weighted by Crippen LogP contribution is 2.18. The summed E-state index contributed by atoms with van der Waals surface area (Å²) in [6, 6.07) is 8.21. The molecule has 0 radical (unpaired) electrons. The summed E-state index contributed by atoms with van der Waals surface area (Å²) < 4.78 is 1.76. The summed E-state index contributed by atoms with van der Waals surface area (Å²) in [6.45, 7) is 6.63. The van der Waals surface area contributed by atoms with Crippen molar-refractivity contribution in [2.24, 2.45) is 0 Å². The highest BCUT2D eigenvalue weighted by atomic mass is 32.2. The molecule has 0 saturated carbocycles. The van der Waals surface area contributed by atoms with Gasteiger partial charge < -0.3 is 5.73 Å². The van der Waals surface area contributed by atoms with Crippen molar-refractivity contribution >= 4 is 23.8 Å². The average molecular weight is 316 g/mol. The fourth-order valence-corrected chi connectivity index (χ4v) is 2.98. The lowest BCUT2D eigenvalue weighted by atomic mass is 10.1. The van der Waals surface area contributed by atoms with Gasteiger partial charge in [-0.25, -0.2) is 4.68 Å². The molecule has 0 saturated heterocycles. The number of rotatable bonds is 9. The van der Waals surface area contributed by atoms with Gasteiger partial charge in [0.1, 0.15) is 0 Å². The Kier molecular flexibility index (Phi) is 6.52. The molecule has 0 bridgehead atoms. The van der Waals surface area contributed by atoms with E-state index in [1.807, 2.05) is 18.2 Å². The molecular weight excluding hydrogens is 292 g/mol. The quantitative estimate of drug-likeness (QED) is 0.556. The Morgan fingerprint density at radius 3 is 2.68 bits per heavy atom. The maximum absolute atomic E-state index is 5.96. The van der Waals surface area contributed by atoms with E-state index in [-0.39, 0.29) is 0 Å². The molecule has 5 heteroatoms. The van der Waals surface area contributed by atoms with Crippen LogP contribution in [-0.2, 0) is 6.54 Å². The van der Waals surface area contributed by atoms with Gasteiger partial charge in [-0.1, -0.05) is 74.9 Å². The van der Waals surface area contributed by atoms with Gasteiger partial charge in [-0.15, -0.1) is 5.10 Å². The van der Waals surface area contributed by atoms with Crippen LogP contribution in [0.5, 0.6) is 0 Å². The number of nitrogens with two attached hydrogens (primary N) is 1. The fourth-order valence-electron chi connectivity index (χ4n) is 2.13. The second kappa shape index (κ2) is 8.63. The zero-order valence-corrected chi connectivity index (χ0v) is 14.0. The SMILES string of the molecule is C=Cc1ccc(Cn2nc(SCCCCCC)nc2N)cc1. The van der Waals surface area contributed by atoms with Crippen molar-refractivity contribution in [1.29, 1.82) is 0 Å². The lowest BCUT2D eigenvalue weighted by molar-refractivity contribution is 0.674. The van der Waals surface area contributed by atoms with Gasteiger partial charge in [-0.2, -0.15) is 4.98 Å². The van der Waals surface area contributed by atoms with Gasteiger partial charge in [0.15, 0.2) is 0 Å². The van der Waals surface area contributed by atoms with Crippen molar-refractivity contribution < 1.29 is 0 Å². The van der Waals surface area contributed by atoms with Crippen molar-refractivity contribution in [2.45, 2.75) is 44.3 Å². The van der Waals surface area contributed by atoms with Crippen molar-refractivity contribution in [1.82, 2.24) is 14.8 Å². The molecule has 2 N–H and O–H groups in total. The molecule has 0 aliphatic rings. The first-order chi connectivity index (χ1) is 10.7. The molecule has 2 rings (SSSR count). The predicted octanol–water partition coefficient (Wildman–Crippen LogP) is 4.22. The number of nitrogen functional groups attached to an aromatic ring is 1. The standard InChI is InChI=1S/C17H24N4S/c1-3-5-6-7-12-22-17-19-16(18)21(20-17)13-15-10-8-14(4-2)9-11-15/h4,8-11H,2-3,5-7,12-13H2,1H3,(H2,18,19,20). The molecule has 1 aromatic carbocycles. The highest BCUT2D eigenvalue weighted by Gasteiger charge is 2.08. The van der Waals surface area contributed by atoms with E-state index in [1.54, 1.807) is 16.4 Å². The Morgan fingerprint density at radius 1 is 1.23 bits per heavy atom. The molecule has 0 atom stereocenters. The summed E-state index contributed by atoms with van der Waals surface area (Å²) in [5.74, 6) is 1.53. The largest absolute Gasteiger partial charge is 0.368 e. The molecule has 4 nitrogen and oxygen atoms in total. The van der Waals surface area contributed by atoms with Crippen LogP contribution in [0.2, 0.25) is 0 Å². The number of nitrogens with zero attached hydrogens (tertiary/aromatic N) is 3. The molecule has 22 heavy (non-hydrogen) atoms. The molecule has 1 aromatic heterocycles. The minimum absolute atomic E-state index is 0.476. The summed E-state index contributed by atoms with van der Waals surface area (Å²) in [7, 11) is 0. The molecule has 0 spiro atoms. The Balaban J connectivity index is 1.89. The number of hydrogen-bond donors (Lipinski definition) is 1. The predicted molar refractivity (Wildman–Crippen MR) is 94.9 cm³/mol. The normalized spacial score (nSPS) is 10.8. The number of unbranched alkanes of at least 4 members (excludes halogenated alkanes) is 3. The number of aromatic nitrogens is 3. The molecule has 0 amide bonds. The van der Waals surface area contributed by atoms with Crippen LogP contribution in [-0.4, -0.2) is 20.5 Å². The molecule has 0 unspecified atom stereocenters.